The summed E-state index contributed by atoms with van der Waals surface area (Å²) in [5, 5.41) is 15.3. The molecule has 2 aromatic heterocycles. The van der Waals surface area contributed by atoms with E-state index in [-0.39, 0.29) is 17.9 Å². The van der Waals surface area contributed by atoms with Gasteiger partial charge in [-0.05, 0) is 59.8 Å². The minimum absolute atomic E-state index is 0.0125. The number of para-hydroxylation sites is 1. The minimum Gasteiger partial charge on any atom is -0.760 e. The molecule has 4 aromatic rings. The van der Waals surface area contributed by atoms with E-state index in [0.29, 0.717) is 53.0 Å². The minimum atomic E-state index is -2.37. The van der Waals surface area contributed by atoms with Crippen LogP contribution in [0.25, 0.3) is 22.0 Å². The number of anilines is 3. The van der Waals surface area contributed by atoms with E-state index >= 15 is 0 Å². The number of aromatic amines is 1. The second kappa shape index (κ2) is 11.1. The van der Waals surface area contributed by atoms with E-state index in [1.54, 1.807) is 36.5 Å². The molecular weight excluding hydrogens is 494 g/mol. The maximum atomic E-state index is 12.7. The van der Waals surface area contributed by atoms with Crippen LogP contribution in [-0.2, 0) is 22.4 Å². The first kappa shape index (κ1) is 24.9. The molecule has 5 rings (SSSR count). The SMILES string of the molecule is O=c1[nH]ccc2cc(-c3cccc(CCNS(=O)[O-])c3O)nc(Nc3ccc(N4CCOCC4)cc3)c12. The van der Waals surface area contributed by atoms with Crippen molar-refractivity contribution in [3.05, 3.63) is 76.7 Å². The number of morpholine rings is 1. The number of hydrogen-bond acceptors (Lipinski definition) is 8. The third-order valence-electron chi connectivity index (χ3n) is 6.27. The smallest absolute Gasteiger partial charge is 0.259 e. The van der Waals surface area contributed by atoms with Gasteiger partial charge in [-0.3, -0.25) is 9.00 Å². The highest BCUT2D eigenvalue weighted by molar-refractivity contribution is 7.77. The lowest BCUT2D eigenvalue weighted by Gasteiger charge is -2.28. The summed E-state index contributed by atoms with van der Waals surface area (Å²) < 4.78 is 29.3. The highest BCUT2D eigenvalue weighted by atomic mass is 32.2. The van der Waals surface area contributed by atoms with Crippen molar-refractivity contribution in [2.75, 3.05) is 43.1 Å². The molecule has 3 heterocycles. The maximum Gasteiger partial charge on any atom is 0.259 e. The molecule has 1 saturated heterocycles. The van der Waals surface area contributed by atoms with E-state index < -0.39 is 11.3 Å². The number of hydrogen-bond donors (Lipinski definition) is 4. The van der Waals surface area contributed by atoms with Crippen LogP contribution in [0.4, 0.5) is 17.2 Å². The Morgan fingerprint density at radius 2 is 1.92 bits per heavy atom. The van der Waals surface area contributed by atoms with Crippen molar-refractivity contribution in [1.82, 2.24) is 14.7 Å². The van der Waals surface area contributed by atoms with Crippen molar-refractivity contribution in [3.8, 4) is 17.0 Å². The van der Waals surface area contributed by atoms with Gasteiger partial charge in [-0.25, -0.2) is 9.71 Å². The van der Waals surface area contributed by atoms with Gasteiger partial charge in [0.2, 0.25) is 0 Å². The lowest BCUT2D eigenvalue weighted by Crippen LogP contribution is -2.36. The number of phenols is 1. The first-order chi connectivity index (χ1) is 18.0. The van der Waals surface area contributed by atoms with Crippen LogP contribution in [-0.4, -0.2) is 56.7 Å². The van der Waals surface area contributed by atoms with E-state index in [9.17, 15) is 18.7 Å². The normalized spacial score (nSPS) is 14.6. The van der Waals surface area contributed by atoms with Crippen molar-refractivity contribution in [2.24, 2.45) is 0 Å². The Kier molecular flexibility index (Phi) is 7.47. The summed E-state index contributed by atoms with van der Waals surface area (Å²) >= 11 is -2.37. The van der Waals surface area contributed by atoms with Crippen molar-refractivity contribution in [1.29, 1.82) is 0 Å². The van der Waals surface area contributed by atoms with Gasteiger partial charge >= 0.3 is 0 Å². The monoisotopic (exact) mass is 520 g/mol. The third kappa shape index (κ3) is 5.65. The predicted molar refractivity (Wildman–Crippen MR) is 143 cm³/mol. The van der Waals surface area contributed by atoms with Crippen LogP contribution in [0.15, 0.2) is 65.6 Å². The summed E-state index contributed by atoms with van der Waals surface area (Å²) in [5.41, 5.74) is 3.12. The average Bonchev–Trinajstić information content (AvgIpc) is 2.90. The lowest BCUT2D eigenvalue weighted by atomic mass is 10.0. The van der Waals surface area contributed by atoms with Gasteiger partial charge in [0.1, 0.15) is 11.6 Å². The summed E-state index contributed by atoms with van der Waals surface area (Å²) in [6.07, 6.45) is 1.88. The first-order valence-electron chi connectivity index (χ1n) is 11.9. The fourth-order valence-electron chi connectivity index (χ4n) is 4.43. The summed E-state index contributed by atoms with van der Waals surface area (Å²) in [4.78, 5) is 22.4. The van der Waals surface area contributed by atoms with Gasteiger partial charge in [-0.1, -0.05) is 12.1 Å². The summed E-state index contributed by atoms with van der Waals surface area (Å²) in [6, 6.07) is 16.7. The molecule has 2 aromatic carbocycles. The molecular formula is C26H26N5O5S-. The van der Waals surface area contributed by atoms with E-state index in [2.05, 4.69) is 19.9 Å². The molecule has 1 unspecified atom stereocenters. The number of aromatic nitrogens is 2. The molecule has 1 aliphatic heterocycles. The van der Waals surface area contributed by atoms with E-state index in [1.807, 2.05) is 24.3 Å². The molecule has 192 valence electrons. The Balaban J connectivity index is 1.49. The molecule has 37 heavy (non-hydrogen) atoms. The highest BCUT2D eigenvalue weighted by Crippen LogP contribution is 2.35. The predicted octanol–water partition coefficient (Wildman–Crippen LogP) is 2.80. The Bertz CT molecular complexity index is 1490. The van der Waals surface area contributed by atoms with Crippen LogP contribution in [0.3, 0.4) is 0 Å². The van der Waals surface area contributed by atoms with Gasteiger partial charge in [0.25, 0.3) is 5.56 Å². The number of benzene rings is 2. The fourth-order valence-corrected chi connectivity index (χ4v) is 4.69. The molecule has 0 bridgehead atoms. The van der Waals surface area contributed by atoms with Crippen LogP contribution >= 0.6 is 0 Å². The third-order valence-corrected chi connectivity index (χ3v) is 6.71. The van der Waals surface area contributed by atoms with Gasteiger partial charge < -0.3 is 29.6 Å². The van der Waals surface area contributed by atoms with E-state index in [4.69, 9.17) is 9.72 Å². The largest absolute Gasteiger partial charge is 0.760 e. The number of nitrogens with one attached hydrogen (secondary N) is 3. The molecule has 4 N–H and O–H groups in total. The number of H-pyrrole nitrogens is 1. The Labute approximate surface area is 215 Å². The molecule has 10 nitrogen and oxygen atoms in total. The zero-order chi connectivity index (χ0) is 25.8. The van der Waals surface area contributed by atoms with Crippen molar-refractivity contribution in [2.45, 2.75) is 6.42 Å². The Morgan fingerprint density at radius 1 is 1.14 bits per heavy atom. The van der Waals surface area contributed by atoms with Crippen molar-refractivity contribution >= 4 is 39.2 Å². The van der Waals surface area contributed by atoms with E-state index in [1.165, 1.54) is 0 Å². The first-order valence-corrected chi connectivity index (χ1v) is 12.9. The molecule has 0 aliphatic carbocycles. The molecule has 0 saturated carbocycles. The molecule has 1 aliphatic rings. The second-order valence-corrected chi connectivity index (χ2v) is 9.35. The number of rotatable bonds is 8. The number of aromatic hydroxyl groups is 1. The zero-order valence-electron chi connectivity index (χ0n) is 19.9. The molecule has 0 radical (unpaired) electrons. The van der Waals surface area contributed by atoms with Gasteiger partial charge in [0, 0.05) is 54.0 Å². The van der Waals surface area contributed by atoms with Crippen molar-refractivity contribution in [3.63, 3.8) is 0 Å². The van der Waals surface area contributed by atoms with Gasteiger partial charge in [0.05, 0.1) is 24.3 Å². The highest BCUT2D eigenvalue weighted by Gasteiger charge is 2.16. The van der Waals surface area contributed by atoms with Crippen LogP contribution in [0.5, 0.6) is 5.75 Å². The maximum absolute atomic E-state index is 12.7. The van der Waals surface area contributed by atoms with Gasteiger partial charge in [-0.15, -0.1) is 0 Å². The Hall–Kier alpha value is -3.77. The van der Waals surface area contributed by atoms with Crippen LogP contribution in [0, 0.1) is 0 Å². The number of ether oxygens (including phenoxy) is 1. The van der Waals surface area contributed by atoms with E-state index in [0.717, 1.165) is 24.5 Å². The quantitative estimate of drug-likeness (QED) is 0.260. The molecule has 1 atom stereocenters. The lowest BCUT2D eigenvalue weighted by molar-refractivity contribution is 0.122. The number of phenolic OH excluding ortho intramolecular Hbond substituents is 1. The van der Waals surface area contributed by atoms with Crippen LogP contribution < -0.4 is 20.5 Å². The summed E-state index contributed by atoms with van der Waals surface area (Å²) in [6.45, 7) is 3.23. The topological polar surface area (TPSA) is 143 Å². The summed E-state index contributed by atoms with van der Waals surface area (Å²) in [7, 11) is 0. The molecule has 0 spiro atoms. The van der Waals surface area contributed by atoms with Gasteiger partial charge in [0.15, 0.2) is 0 Å². The number of nitrogens with zero attached hydrogens (tertiary/aromatic N) is 2. The van der Waals surface area contributed by atoms with Crippen LogP contribution in [0.1, 0.15) is 5.56 Å². The van der Waals surface area contributed by atoms with Gasteiger partial charge in [-0.2, -0.15) is 0 Å². The summed E-state index contributed by atoms with van der Waals surface area (Å²) in [5.74, 6) is 0.375. The average molecular weight is 521 g/mol. The van der Waals surface area contributed by atoms with Crippen molar-refractivity contribution < 1.29 is 18.6 Å². The number of pyridine rings is 2. The number of fused-ring (bicyclic) bond motifs is 1. The van der Waals surface area contributed by atoms with Crippen LogP contribution in [0.2, 0.25) is 0 Å². The standard InChI is InChI=1S/C26H27N5O5S/c32-24-17(9-11-28-37(34)35)2-1-3-21(24)22-16-18-8-10-27-26(33)23(18)25(30-22)29-19-4-6-20(7-5-19)31-12-14-36-15-13-31/h1-8,10,16,28,32H,9,11-15H2,(H,27,33)(H,29,30)(H,34,35)/p-1. The Morgan fingerprint density at radius 3 is 2.68 bits per heavy atom. The zero-order valence-corrected chi connectivity index (χ0v) is 20.7. The second-order valence-electron chi connectivity index (χ2n) is 8.59. The molecule has 0 amide bonds. The molecule has 1 fully saturated rings. The molecule has 11 heteroatoms. The fraction of sp³-hybridized carbons (Fsp3) is 0.231.